The molecule has 0 saturated carbocycles. The average Bonchev–Trinajstić information content (AvgIpc) is 2.74. The van der Waals surface area contributed by atoms with Gasteiger partial charge in [0.2, 0.25) is 0 Å². The van der Waals surface area contributed by atoms with E-state index in [-0.39, 0.29) is 5.82 Å². The van der Waals surface area contributed by atoms with Gasteiger partial charge in [0.15, 0.2) is 0 Å². The molecular weight excluding hydrogens is 375 g/mol. The van der Waals surface area contributed by atoms with Crippen LogP contribution in [0.4, 0.5) is 10.1 Å². The van der Waals surface area contributed by atoms with Gasteiger partial charge in [-0.25, -0.2) is 9.38 Å². The van der Waals surface area contributed by atoms with E-state index < -0.39 is 0 Å². The van der Waals surface area contributed by atoms with Gasteiger partial charge in [-0.3, -0.25) is 4.99 Å². The molecule has 2 aromatic rings. The number of ether oxygens (including phenoxy) is 1. The Morgan fingerprint density at radius 1 is 1.13 bits per heavy atom. The van der Waals surface area contributed by atoms with Gasteiger partial charge in [-0.1, -0.05) is 45.6 Å². The quantitative estimate of drug-likeness (QED) is 0.427. The summed E-state index contributed by atoms with van der Waals surface area (Å²) in [4.78, 5) is 9.23. The zero-order chi connectivity index (χ0) is 22.7. The fraction of sp³-hybridized carbons (Fsp3) is 0.308. The van der Waals surface area contributed by atoms with E-state index in [1.165, 1.54) is 12.1 Å². The highest BCUT2D eigenvalue weighted by molar-refractivity contribution is 6.01. The summed E-state index contributed by atoms with van der Waals surface area (Å²) in [5.74, 6) is 0.327. The van der Waals surface area contributed by atoms with E-state index in [1.54, 1.807) is 19.4 Å². The van der Waals surface area contributed by atoms with Crippen LogP contribution in [0.15, 0.2) is 64.7 Å². The van der Waals surface area contributed by atoms with Crippen molar-refractivity contribution in [1.29, 1.82) is 0 Å². The Labute approximate surface area is 180 Å². The normalized spacial score (nSPS) is 11.9. The highest BCUT2D eigenvalue weighted by Gasteiger charge is 2.14. The zero-order valence-corrected chi connectivity index (χ0v) is 19.2. The van der Waals surface area contributed by atoms with Crippen molar-refractivity contribution in [3.63, 3.8) is 0 Å². The summed E-state index contributed by atoms with van der Waals surface area (Å²) in [6.07, 6.45) is 4.65. The van der Waals surface area contributed by atoms with Crippen LogP contribution in [0.3, 0.4) is 0 Å². The maximum atomic E-state index is 13.7. The average molecular weight is 409 g/mol. The monoisotopic (exact) mass is 408 g/mol. The molecule has 0 fully saturated rings. The Kier molecular flexibility index (Phi) is 10.5. The van der Waals surface area contributed by atoms with E-state index >= 15 is 0 Å². The number of nitrogens with zero attached hydrogens (tertiary/aromatic N) is 2. The molecule has 160 valence electrons. The highest BCUT2D eigenvalue weighted by Crippen LogP contribution is 2.40. The summed E-state index contributed by atoms with van der Waals surface area (Å²) in [5, 5.41) is 0. The van der Waals surface area contributed by atoms with Gasteiger partial charge in [0.1, 0.15) is 17.3 Å². The predicted molar refractivity (Wildman–Crippen MR) is 130 cm³/mol. The minimum Gasteiger partial charge on any atom is -0.494 e. The van der Waals surface area contributed by atoms with Crippen molar-refractivity contribution < 1.29 is 9.13 Å². The van der Waals surface area contributed by atoms with E-state index in [0.29, 0.717) is 11.4 Å². The maximum Gasteiger partial charge on any atom is 0.145 e. The Bertz CT molecular complexity index is 956. The van der Waals surface area contributed by atoms with Crippen LogP contribution in [-0.4, -0.2) is 19.0 Å². The molecule has 0 N–H and O–H groups in total. The Balaban J connectivity index is 0.00000218. The standard InChI is InChI=1S/C24H27FN2O.C2H6/c1-7-10-22(26-8-2)17(5)27-24-21(16(3)4)14-19(15-23(24)28-6)18-11-9-12-20(25)13-18;1-2/h8-15H,3,7H2,1-2,4-6H3;1-2H3/b22-10-,26-8?,27-17?;. The van der Waals surface area contributed by atoms with Gasteiger partial charge in [-0.15, -0.1) is 0 Å². The lowest BCUT2D eigenvalue weighted by molar-refractivity contribution is 0.416. The summed E-state index contributed by atoms with van der Waals surface area (Å²) in [7, 11) is 1.61. The zero-order valence-electron chi connectivity index (χ0n) is 19.2. The molecule has 0 aliphatic heterocycles. The van der Waals surface area contributed by atoms with E-state index in [4.69, 9.17) is 9.73 Å². The van der Waals surface area contributed by atoms with Crippen molar-refractivity contribution in [2.24, 2.45) is 9.98 Å². The molecule has 0 aliphatic rings. The second-order valence-corrected chi connectivity index (χ2v) is 6.45. The molecule has 0 radical (unpaired) electrons. The van der Waals surface area contributed by atoms with Crippen molar-refractivity contribution in [3.05, 3.63) is 66.1 Å². The molecule has 0 atom stereocenters. The second-order valence-electron chi connectivity index (χ2n) is 6.45. The fourth-order valence-corrected chi connectivity index (χ4v) is 2.89. The molecule has 4 heteroatoms. The Morgan fingerprint density at radius 3 is 2.37 bits per heavy atom. The number of rotatable bonds is 7. The first-order valence-corrected chi connectivity index (χ1v) is 10.3. The Hall–Kier alpha value is -3.01. The third-order valence-corrected chi connectivity index (χ3v) is 4.23. The first kappa shape index (κ1) is 25.0. The number of halogens is 1. The first-order chi connectivity index (χ1) is 14.4. The summed E-state index contributed by atoms with van der Waals surface area (Å²) in [6, 6.07) is 10.3. The second kappa shape index (κ2) is 12.5. The van der Waals surface area contributed by atoms with Crippen molar-refractivity contribution in [2.45, 2.75) is 48.0 Å². The Morgan fingerprint density at radius 2 is 1.83 bits per heavy atom. The molecule has 30 heavy (non-hydrogen) atoms. The van der Waals surface area contributed by atoms with Crippen molar-refractivity contribution >= 4 is 23.2 Å². The van der Waals surface area contributed by atoms with Crippen molar-refractivity contribution in [3.8, 4) is 16.9 Å². The third-order valence-electron chi connectivity index (χ3n) is 4.23. The predicted octanol–water partition coefficient (Wildman–Crippen LogP) is 8.04. The summed E-state index contributed by atoms with van der Waals surface area (Å²) < 4.78 is 19.3. The van der Waals surface area contributed by atoms with E-state index in [1.807, 2.05) is 58.9 Å². The van der Waals surface area contributed by atoms with Gasteiger partial charge in [0.05, 0.1) is 18.5 Å². The molecule has 2 rings (SSSR count). The van der Waals surface area contributed by atoms with E-state index in [9.17, 15) is 4.39 Å². The summed E-state index contributed by atoms with van der Waals surface area (Å²) in [5.41, 5.74) is 5.64. The number of allylic oxidation sites excluding steroid dienone is 3. The molecule has 0 unspecified atom stereocenters. The van der Waals surface area contributed by atoms with E-state index in [2.05, 4.69) is 18.5 Å². The number of hydrogen-bond acceptors (Lipinski definition) is 3. The third kappa shape index (κ3) is 6.51. The molecular formula is C26H33FN2O. The van der Waals surface area contributed by atoms with Crippen LogP contribution >= 0.6 is 0 Å². The van der Waals surface area contributed by atoms with Gasteiger partial charge < -0.3 is 4.74 Å². The van der Waals surface area contributed by atoms with Crippen LogP contribution in [-0.2, 0) is 0 Å². The van der Waals surface area contributed by atoms with Crippen LogP contribution < -0.4 is 4.74 Å². The SMILES string of the molecule is C=C(C)c1cc(-c2cccc(F)c2)cc(OC)c1N=C(C)/C(=C/CC)N=CC.CC. The number of hydrogen-bond donors (Lipinski definition) is 0. The van der Waals surface area contributed by atoms with Crippen LogP contribution in [0.1, 0.15) is 53.5 Å². The molecule has 2 aromatic carbocycles. The van der Waals surface area contributed by atoms with E-state index in [0.717, 1.165) is 40.1 Å². The van der Waals surface area contributed by atoms with Gasteiger partial charge in [0.25, 0.3) is 0 Å². The molecule has 0 saturated heterocycles. The largest absolute Gasteiger partial charge is 0.494 e. The molecule has 0 aliphatic carbocycles. The summed E-state index contributed by atoms with van der Waals surface area (Å²) >= 11 is 0. The lowest BCUT2D eigenvalue weighted by atomic mass is 9.97. The van der Waals surface area contributed by atoms with Gasteiger partial charge >= 0.3 is 0 Å². The van der Waals surface area contributed by atoms with Crippen LogP contribution in [0, 0.1) is 5.82 Å². The van der Waals surface area contributed by atoms with Crippen molar-refractivity contribution in [2.75, 3.05) is 7.11 Å². The molecule has 0 heterocycles. The summed E-state index contributed by atoms with van der Waals surface area (Å²) in [6.45, 7) is 15.9. The number of aliphatic imine (C=N–C) groups is 2. The van der Waals surface area contributed by atoms with Crippen molar-refractivity contribution in [1.82, 2.24) is 0 Å². The van der Waals surface area contributed by atoms with Crippen LogP contribution in [0.5, 0.6) is 5.75 Å². The maximum absolute atomic E-state index is 13.7. The molecule has 0 aromatic heterocycles. The molecule has 0 amide bonds. The highest BCUT2D eigenvalue weighted by atomic mass is 19.1. The first-order valence-electron chi connectivity index (χ1n) is 10.3. The molecule has 0 spiro atoms. The lowest BCUT2D eigenvalue weighted by Gasteiger charge is -2.15. The van der Waals surface area contributed by atoms with Gasteiger partial charge in [-0.05, 0) is 68.2 Å². The lowest BCUT2D eigenvalue weighted by Crippen LogP contribution is -1.97. The minimum absolute atomic E-state index is 0.280. The van der Waals surface area contributed by atoms with Crippen LogP contribution in [0.25, 0.3) is 16.7 Å². The molecule has 3 nitrogen and oxygen atoms in total. The number of methoxy groups -OCH3 is 1. The fourth-order valence-electron chi connectivity index (χ4n) is 2.89. The van der Waals surface area contributed by atoms with Crippen LogP contribution in [0.2, 0.25) is 0 Å². The smallest absolute Gasteiger partial charge is 0.145 e. The molecule has 0 bridgehead atoms. The minimum atomic E-state index is -0.280. The number of benzene rings is 2. The van der Waals surface area contributed by atoms with Gasteiger partial charge in [0, 0.05) is 11.8 Å². The van der Waals surface area contributed by atoms with Gasteiger partial charge in [-0.2, -0.15) is 0 Å². The topological polar surface area (TPSA) is 34.0 Å².